The van der Waals surface area contributed by atoms with Crippen LogP contribution in [0.15, 0.2) is 144 Å². The number of aliphatic hydroxyl groups is 1. The number of aliphatic hydroxyl groups excluding tert-OH is 1. The number of nitrogens with one attached hydrogen (secondary N) is 2. The number of carbonyl (C=O) groups excluding carboxylic acids is 1. The van der Waals surface area contributed by atoms with Gasteiger partial charge in [0.2, 0.25) is 15.9 Å². The van der Waals surface area contributed by atoms with Crippen LogP contribution in [0, 0.1) is 12.8 Å². The molecule has 2 aliphatic rings. The Labute approximate surface area is 382 Å². The van der Waals surface area contributed by atoms with Crippen molar-refractivity contribution in [2.75, 3.05) is 27.3 Å². The van der Waals surface area contributed by atoms with Gasteiger partial charge in [-0.1, -0.05) is 128 Å². The summed E-state index contributed by atoms with van der Waals surface area (Å²) in [4.78, 5) is 16.4. The number of carbonyl (C=O) groups is 1. The number of sulfonamides is 1. The number of rotatable bonds is 16. The van der Waals surface area contributed by atoms with Crippen molar-refractivity contribution in [1.29, 1.82) is 0 Å². The second-order valence-corrected chi connectivity index (χ2v) is 18.7. The number of amides is 1. The third-order valence-corrected chi connectivity index (χ3v) is 14.0. The Hall–Kier alpha value is -5.86. The monoisotopic (exact) mass is 895 g/mol. The molecular formula is C53H57N3O8S. The van der Waals surface area contributed by atoms with E-state index in [0.29, 0.717) is 6.54 Å². The van der Waals surface area contributed by atoms with E-state index in [1.807, 2.05) is 110 Å². The molecule has 0 bridgehead atoms. The first kappa shape index (κ1) is 45.7. The summed E-state index contributed by atoms with van der Waals surface area (Å²) in [6.45, 7) is 6.56. The van der Waals surface area contributed by atoms with E-state index in [-0.39, 0.29) is 42.6 Å². The average Bonchev–Trinajstić information content (AvgIpc) is 3.33. The Morgan fingerprint density at radius 2 is 1.46 bits per heavy atom. The number of hydrogen-bond donors (Lipinski definition) is 3. The van der Waals surface area contributed by atoms with E-state index < -0.39 is 28.3 Å². The summed E-state index contributed by atoms with van der Waals surface area (Å²) < 4.78 is 54.6. The van der Waals surface area contributed by atoms with E-state index in [4.69, 9.17) is 18.9 Å². The van der Waals surface area contributed by atoms with Gasteiger partial charge in [0.15, 0.2) is 17.8 Å². The number of benzene rings is 6. The zero-order valence-corrected chi connectivity index (χ0v) is 38.1. The van der Waals surface area contributed by atoms with E-state index in [1.165, 1.54) is 11.1 Å². The van der Waals surface area contributed by atoms with Crippen LogP contribution in [0.1, 0.15) is 63.8 Å². The lowest BCUT2D eigenvalue weighted by Gasteiger charge is -2.43. The fourth-order valence-corrected chi connectivity index (χ4v) is 9.97. The molecule has 11 nitrogen and oxygen atoms in total. The third kappa shape index (κ3) is 10.8. The lowest BCUT2D eigenvalue weighted by atomic mass is 9.89. The Bertz CT molecular complexity index is 2660. The molecule has 8 rings (SSSR count). The fraction of sp³-hybridized carbons (Fsp3) is 0.302. The second kappa shape index (κ2) is 20.5. The van der Waals surface area contributed by atoms with Crippen LogP contribution in [-0.2, 0) is 56.8 Å². The van der Waals surface area contributed by atoms with Crippen molar-refractivity contribution in [3.05, 3.63) is 184 Å². The van der Waals surface area contributed by atoms with E-state index in [9.17, 15) is 18.3 Å². The largest absolute Gasteiger partial charge is 0.493 e. The zero-order chi connectivity index (χ0) is 45.5. The summed E-state index contributed by atoms with van der Waals surface area (Å²) in [7, 11) is -0.667. The van der Waals surface area contributed by atoms with Crippen molar-refractivity contribution in [1.82, 2.24) is 14.9 Å². The normalized spacial score (nSPS) is 19.2. The quantitative estimate of drug-likeness (QED) is 0.0879. The third-order valence-electron chi connectivity index (χ3n) is 12.6. The SMILES string of the molecule is COc1cc2c(cc1OC)CN(C[C@@H]1O[C@H](c3ccc(-c4ccccc4CNC(=O)[C@@H](Cc4ccccc4)NS(=O)(=O)c4ccc(C)cc4)cc3)O[C@H](c3ccc(CO)cc3)[C@@H]1C)CC2. The van der Waals surface area contributed by atoms with Gasteiger partial charge in [-0.2, -0.15) is 4.72 Å². The van der Waals surface area contributed by atoms with Crippen molar-refractivity contribution >= 4 is 15.9 Å². The number of methoxy groups -OCH3 is 2. The summed E-state index contributed by atoms with van der Waals surface area (Å²) in [6, 6.07) is 43.0. The molecule has 0 unspecified atom stereocenters. The van der Waals surface area contributed by atoms with Crippen LogP contribution in [0.4, 0.5) is 0 Å². The molecule has 1 amide bonds. The van der Waals surface area contributed by atoms with Crippen LogP contribution in [0.25, 0.3) is 11.1 Å². The van der Waals surface area contributed by atoms with Crippen molar-refractivity contribution < 1.29 is 37.3 Å². The molecule has 2 heterocycles. The molecular weight excluding hydrogens is 839 g/mol. The van der Waals surface area contributed by atoms with Gasteiger partial charge in [0.1, 0.15) is 6.04 Å². The van der Waals surface area contributed by atoms with Gasteiger partial charge in [-0.25, -0.2) is 8.42 Å². The topological polar surface area (TPSA) is 136 Å². The van der Waals surface area contributed by atoms with Gasteiger partial charge in [-0.15, -0.1) is 0 Å². The highest BCUT2D eigenvalue weighted by molar-refractivity contribution is 7.89. The molecule has 0 radical (unpaired) electrons. The highest BCUT2D eigenvalue weighted by atomic mass is 32.2. The lowest BCUT2D eigenvalue weighted by Crippen LogP contribution is -2.47. The summed E-state index contributed by atoms with van der Waals surface area (Å²) in [6.07, 6.45) is 0.000551. The van der Waals surface area contributed by atoms with Gasteiger partial charge < -0.3 is 29.4 Å². The second-order valence-electron chi connectivity index (χ2n) is 17.0. The molecule has 6 aromatic carbocycles. The van der Waals surface area contributed by atoms with E-state index in [0.717, 1.165) is 75.5 Å². The Morgan fingerprint density at radius 3 is 2.15 bits per heavy atom. The molecule has 338 valence electrons. The predicted molar refractivity (Wildman–Crippen MR) is 251 cm³/mol. The van der Waals surface area contributed by atoms with Crippen molar-refractivity contribution in [2.45, 2.75) is 75.8 Å². The van der Waals surface area contributed by atoms with Crippen LogP contribution < -0.4 is 19.5 Å². The number of fused-ring (bicyclic) bond motifs is 1. The maximum Gasteiger partial charge on any atom is 0.241 e. The van der Waals surface area contributed by atoms with Crippen LogP contribution >= 0.6 is 0 Å². The molecule has 0 aliphatic carbocycles. The van der Waals surface area contributed by atoms with Crippen LogP contribution in [0.5, 0.6) is 11.5 Å². The highest BCUT2D eigenvalue weighted by Gasteiger charge is 2.39. The summed E-state index contributed by atoms with van der Waals surface area (Å²) in [5.41, 5.74) is 9.72. The van der Waals surface area contributed by atoms with Gasteiger partial charge >= 0.3 is 0 Å². The minimum Gasteiger partial charge on any atom is -0.493 e. The molecule has 0 spiro atoms. The number of hydrogen-bond acceptors (Lipinski definition) is 9. The Kier molecular flexibility index (Phi) is 14.4. The van der Waals surface area contributed by atoms with Gasteiger partial charge in [0.25, 0.3) is 0 Å². The van der Waals surface area contributed by atoms with Crippen molar-refractivity contribution in [3.8, 4) is 22.6 Å². The van der Waals surface area contributed by atoms with Crippen molar-refractivity contribution in [3.63, 3.8) is 0 Å². The average molecular weight is 896 g/mol. The zero-order valence-electron chi connectivity index (χ0n) is 37.3. The van der Waals surface area contributed by atoms with Gasteiger partial charge in [0, 0.05) is 37.7 Å². The fourth-order valence-electron chi connectivity index (χ4n) is 8.77. The first-order chi connectivity index (χ1) is 31.5. The summed E-state index contributed by atoms with van der Waals surface area (Å²) in [5, 5.41) is 12.8. The van der Waals surface area contributed by atoms with Crippen LogP contribution in [-0.4, -0.2) is 63.8 Å². The lowest BCUT2D eigenvalue weighted by molar-refractivity contribution is -0.276. The number of aryl methyl sites for hydroxylation is 1. The Balaban J connectivity index is 0.995. The van der Waals surface area contributed by atoms with E-state index >= 15 is 0 Å². The van der Waals surface area contributed by atoms with Gasteiger partial charge in [-0.3, -0.25) is 9.69 Å². The molecule has 6 aromatic rings. The first-order valence-corrected chi connectivity index (χ1v) is 23.6. The molecule has 5 atom stereocenters. The first-order valence-electron chi connectivity index (χ1n) is 22.1. The van der Waals surface area contributed by atoms with Gasteiger partial charge in [-0.05, 0) is 88.5 Å². The standard InChI is InChI=1S/C53H57N3O8S/c1-35-14-24-45(25-15-35)65(59,60)55-47(28-37-10-6-5-7-11-37)52(58)54-31-43-12-8-9-13-46(43)39-20-22-41(23-21-39)53-63-50(36(2)51(64-53)40-18-16-38(34-57)17-19-40)33-56-27-26-42-29-48(61-3)49(62-4)30-44(42)32-56/h5-25,29-30,36,47,50-51,53,55,57H,26-28,31-34H2,1-4H3,(H,54,58)/t36-,47-,50+,51+,53+/m1/s1. The van der Waals surface area contributed by atoms with Crippen molar-refractivity contribution in [2.24, 2.45) is 5.92 Å². The molecule has 1 fully saturated rings. The summed E-state index contributed by atoms with van der Waals surface area (Å²) >= 11 is 0. The smallest absolute Gasteiger partial charge is 0.241 e. The van der Waals surface area contributed by atoms with Crippen LogP contribution in [0.3, 0.4) is 0 Å². The van der Waals surface area contributed by atoms with E-state index in [1.54, 1.807) is 38.5 Å². The Morgan fingerprint density at radius 1 is 0.800 bits per heavy atom. The molecule has 0 saturated carbocycles. The van der Waals surface area contributed by atoms with Crippen LogP contribution in [0.2, 0.25) is 0 Å². The number of ether oxygens (including phenoxy) is 4. The van der Waals surface area contributed by atoms with Gasteiger partial charge in [0.05, 0.1) is 37.9 Å². The summed E-state index contributed by atoms with van der Waals surface area (Å²) in [5.74, 6) is 1.05. The predicted octanol–water partition coefficient (Wildman–Crippen LogP) is 8.23. The molecule has 2 aliphatic heterocycles. The molecule has 1 saturated heterocycles. The minimum atomic E-state index is -3.99. The minimum absolute atomic E-state index is 0.0181. The molecule has 3 N–H and O–H groups in total. The van der Waals surface area contributed by atoms with E-state index in [2.05, 4.69) is 34.0 Å². The highest BCUT2D eigenvalue weighted by Crippen LogP contribution is 2.43. The maximum atomic E-state index is 13.9. The molecule has 12 heteroatoms. The number of nitrogens with zero attached hydrogens (tertiary/aromatic N) is 1. The molecule has 0 aromatic heterocycles. The molecule has 65 heavy (non-hydrogen) atoms. The maximum absolute atomic E-state index is 13.9.